The van der Waals surface area contributed by atoms with E-state index in [2.05, 4.69) is 17.6 Å². The van der Waals surface area contributed by atoms with Crippen LogP contribution >= 0.6 is 19.7 Å². The standard InChI is InChI=1S/C8H16ClO4P/c1-3-5-6-8-12-14(10,13-9)11-7-4-2/h4H,2-3,5-8H2,1H3. The van der Waals surface area contributed by atoms with Crippen LogP contribution in [0.1, 0.15) is 26.2 Å². The molecule has 1 unspecified atom stereocenters. The Morgan fingerprint density at radius 3 is 2.64 bits per heavy atom. The molecule has 0 rings (SSSR count). The number of phosphoric ester groups is 1. The molecule has 0 aromatic heterocycles. The van der Waals surface area contributed by atoms with Crippen LogP contribution in [0, 0.1) is 0 Å². The molecule has 0 amide bonds. The molecule has 0 aromatic carbocycles. The maximum atomic E-state index is 11.5. The van der Waals surface area contributed by atoms with Crippen molar-refractivity contribution in [3.05, 3.63) is 12.7 Å². The van der Waals surface area contributed by atoms with Gasteiger partial charge in [0.1, 0.15) is 0 Å². The van der Waals surface area contributed by atoms with Gasteiger partial charge in [0.15, 0.2) is 0 Å². The fourth-order valence-electron chi connectivity index (χ4n) is 0.750. The molecule has 0 aromatic rings. The SMILES string of the molecule is C=CCOP(=O)(OCl)OCCCCC. The van der Waals surface area contributed by atoms with Crippen molar-refractivity contribution in [1.82, 2.24) is 0 Å². The van der Waals surface area contributed by atoms with Gasteiger partial charge in [-0.25, -0.2) is 4.57 Å². The van der Waals surface area contributed by atoms with Crippen molar-refractivity contribution in [2.75, 3.05) is 13.2 Å². The second-order valence-corrected chi connectivity index (χ2v) is 4.60. The van der Waals surface area contributed by atoms with E-state index in [1.165, 1.54) is 6.08 Å². The van der Waals surface area contributed by atoms with E-state index < -0.39 is 7.82 Å². The average Bonchev–Trinajstić information content (AvgIpc) is 2.22. The van der Waals surface area contributed by atoms with E-state index in [0.29, 0.717) is 6.61 Å². The molecular weight excluding hydrogens is 227 g/mol. The maximum absolute atomic E-state index is 11.5. The fraction of sp³-hybridized carbons (Fsp3) is 0.750. The van der Waals surface area contributed by atoms with Gasteiger partial charge >= 0.3 is 7.82 Å². The maximum Gasteiger partial charge on any atom is 0.491 e. The summed E-state index contributed by atoms with van der Waals surface area (Å²) >= 11 is 5.01. The molecule has 0 spiro atoms. The van der Waals surface area contributed by atoms with Crippen molar-refractivity contribution in [3.8, 4) is 0 Å². The zero-order chi connectivity index (χ0) is 10.9. The van der Waals surface area contributed by atoms with Gasteiger partial charge in [0.25, 0.3) is 0 Å². The first-order valence-electron chi connectivity index (χ1n) is 4.49. The highest BCUT2D eigenvalue weighted by Gasteiger charge is 2.25. The molecule has 0 N–H and O–H groups in total. The monoisotopic (exact) mass is 242 g/mol. The van der Waals surface area contributed by atoms with E-state index in [4.69, 9.17) is 20.9 Å². The first kappa shape index (κ1) is 14.1. The van der Waals surface area contributed by atoms with Gasteiger partial charge in [-0.05, 0) is 6.42 Å². The highest BCUT2D eigenvalue weighted by atomic mass is 35.5. The van der Waals surface area contributed by atoms with E-state index in [9.17, 15) is 4.57 Å². The van der Waals surface area contributed by atoms with Gasteiger partial charge in [-0.1, -0.05) is 25.8 Å². The van der Waals surface area contributed by atoms with Crippen molar-refractivity contribution in [2.24, 2.45) is 0 Å². The number of unbranched alkanes of at least 4 members (excludes halogenated alkanes) is 2. The molecule has 0 saturated carbocycles. The van der Waals surface area contributed by atoms with Crippen molar-refractivity contribution < 1.29 is 17.7 Å². The molecule has 0 heterocycles. The van der Waals surface area contributed by atoms with Crippen LogP contribution in [-0.2, 0) is 17.7 Å². The molecule has 84 valence electrons. The minimum absolute atomic E-state index is 0.0811. The Labute approximate surface area is 90.0 Å². The summed E-state index contributed by atoms with van der Waals surface area (Å²) in [5.74, 6) is 0. The minimum atomic E-state index is -3.56. The molecule has 0 aliphatic rings. The zero-order valence-corrected chi connectivity index (χ0v) is 9.93. The van der Waals surface area contributed by atoms with Gasteiger partial charge < -0.3 is 0 Å². The van der Waals surface area contributed by atoms with E-state index in [-0.39, 0.29) is 6.61 Å². The molecule has 0 aliphatic carbocycles. The summed E-state index contributed by atoms with van der Waals surface area (Å²) in [5, 5.41) is 0. The molecule has 0 saturated heterocycles. The van der Waals surface area contributed by atoms with E-state index in [0.717, 1.165) is 19.3 Å². The van der Waals surface area contributed by atoms with Crippen LogP contribution in [0.4, 0.5) is 0 Å². The second-order valence-electron chi connectivity index (χ2n) is 2.64. The summed E-state index contributed by atoms with van der Waals surface area (Å²) in [6.07, 6.45) is 4.31. The molecule has 1 atom stereocenters. The number of hydrogen-bond donors (Lipinski definition) is 0. The Kier molecular flexibility index (Phi) is 8.53. The highest BCUT2D eigenvalue weighted by Crippen LogP contribution is 2.50. The van der Waals surface area contributed by atoms with E-state index >= 15 is 0 Å². The summed E-state index contributed by atoms with van der Waals surface area (Å²) in [6, 6.07) is 0. The second kappa shape index (κ2) is 8.45. The molecule has 4 nitrogen and oxygen atoms in total. The molecule has 0 radical (unpaired) electrons. The van der Waals surface area contributed by atoms with Crippen molar-refractivity contribution in [2.45, 2.75) is 26.2 Å². The Hall–Kier alpha value is 0.140. The number of phosphoric acid groups is 1. The van der Waals surface area contributed by atoms with Crippen LogP contribution in [0.5, 0.6) is 0 Å². The summed E-state index contributed by atoms with van der Waals surface area (Å²) in [7, 11) is -3.56. The molecule has 14 heavy (non-hydrogen) atoms. The fourth-order valence-corrected chi connectivity index (χ4v) is 1.78. The van der Waals surface area contributed by atoms with E-state index in [1.54, 1.807) is 0 Å². The van der Waals surface area contributed by atoms with Crippen LogP contribution < -0.4 is 0 Å². The van der Waals surface area contributed by atoms with Crippen molar-refractivity contribution in [1.29, 1.82) is 0 Å². The largest absolute Gasteiger partial charge is 0.491 e. The smallest absolute Gasteiger partial charge is 0.286 e. The average molecular weight is 243 g/mol. The third kappa shape index (κ3) is 6.57. The van der Waals surface area contributed by atoms with Gasteiger partial charge in [0.05, 0.1) is 25.1 Å². The molecule has 0 bridgehead atoms. The van der Waals surface area contributed by atoms with Gasteiger partial charge in [-0.15, -0.1) is 6.58 Å². The van der Waals surface area contributed by atoms with Gasteiger partial charge in [-0.2, -0.15) is 4.08 Å². The minimum Gasteiger partial charge on any atom is -0.286 e. The molecule has 0 fully saturated rings. The highest BCUT2D eigenvalue weighted by molar-refractivity contribution is 7.49. The zero-order valence-electron chi connectivity index (χ0n) is 8.28. The van der Waals surface area contributed by atoms with Gasteiger partial charge in [-0.3, -0.25) is 9.05 Å². The van der Waals surface area contributed by atoms with E-state index in [1.807, 2.05) is 0 Å². The lowest BCUT2D eigenvalue weighted by Gasteiger charge is -2.12. The Balaban J connectivity index is 3.75. The van der Waals surface area contributed by atoms with Crippen LogP contribution in [-0.4, -0.2) is 13.2 Å². The lowest BCUT2D eigenvalue weighted by atomic mass is 10.3. The molecule has 6 heteroatoms. The summed E-state index contributed by atoms with van der Waals surface area (Å²) in [6.45, 7) is 5.86. The third-order valence-corrected chi connectivity index (χ3v) is 3.07. The summed E-state index contributed by atoms with van der Waals surface area (Å²) in [4.78, 5) is 0. The van der Waals surface area contributed by atoms with Crippen molar-refractivity contribution >= 4 is 19.7 Å². The topological polar surface area (TPSA) is 44.8 Å². The number of hydrogen-bond acceptors (Lipinski definition) is 4. The van der Waals surface area contributed by atoms with Crippen LogP contribution in [0.3, 0.4) is 0 Å². The lowest BCUT2D eigenvalue weighted by molar-refractivity contribution is 0.168. The van der Waals surface area contributed by atoms with Crippen molar-refractivity contribution in [3.63, 3.8) is 0 Å². The molecular formula is C8H16ClO4P. The quantitative estimate of drug-likeness (QED) is 0.352. The lowest BCUT2D eigenvalue weighted by Crippen LogP contribution is -1.98. The third-order valence-electron chi connectivity index (χ3n) is 1.43. The van der Waals surface area contributed by atoms with Gasteiger partial charge in [0.2, 0.25) is 0 Å². The summed E-state index contributed by atoms with van der Waals surface area (Å²) in [5.41, 5.74) is 0. The predicted octanol–water partition coefficient (Wildman–Crippen LogP) is 3.67. The first-order chi connectivity index (χ1) is 6.68. The predicted molar refractivity (Wildman–Crippen MR) is 56.2 cm³/mol. The normalized spacial score (nSPS) is 15.0. The first-order valence-corrected chi connectivity index (χ1v) is 6.25. The Morgan fingerprint density at radius 2 is 2.14 bits per heavy atom. The number of halogens is 1. The van der Waals surface area contributed by atoms with Crippen LogP contribution in [0.2, 0.25) is 0 Å². The Morgan fingerprint density at radius 1 is 1.43 bits per heavy atom. The van der Waals surface area contributed by atoms with Gasteiger partial charge in [0, 0.05) is 0 Å². The van der Waals surface area contributed by atoms with Crippen LogP contribution in [0.15, 0.2) is 12.7 Å². The Bertz CT molecular complexity index is 198. The molecule has 0 aliphatic heterocycles. The summed E-state index contributed by atoms with van der Waals surface area (Å²) < 4.78 is 25.3. The van der Waals surface area contributed by atoms with Crippen LogP contribution in [0.25, 0.3) is 0 Å². The number of rotatable bonds is 9.